The molecule has 0 bridgehead atoms. The molecule has 11 heteroatoms. The van der Waals surface area contributed by atoms with Crippen molar-refractivity contribution in [3.63, 3.8) is 0 Å². The second-order valence-electron chi connectivity index (χ2n) is 6.44. The highest BCUT2D eigenvalue weighted by Crippen LogP contribution is 2.29. The summed E-state index contributed by atoms with van der Waals surface area (Å²) in [5.74, 6) is 0.345. The van der Waals surface area contributed by atoms with Gasteiger partial charge in [-0.15, -0.1) is 0 Å². The predicted molar refractivity (Wildman–Crippen MR) is 122 cm³/mol. The number of hydrogen-bond donors (Lipinski definition) is 2. The molecule has 0 aliphatic heterocycles. The maximum absolute atomic E-state index is 12.7. The van der Waals surface area contributed by atoms with Gasteiger partial charge in [-0.05, 0) is 67.1 Å². The summed E-state index contributed by atoms with van der Waals surface area (Å²) in [6.45, 7) is 1.70. The SMILES string of the molecule is COc1ccc(S(=O)(=O)Nc2ccc(S(=O)(=O)Nc3cccc(Cl)c3C)cc2)cc1Cl. The van der Waals surface area contributed by atoms with Gasteiger partial charge in [0.25, 0.3) is 20.0 Å². The first-order valence-electron chi connectivity index (χ1n) is 8.78. The Bertz CT molecular complexity index is 1330. The summed E-state index contributed by atoms with van der Waals surface area (Å²) in [4.78, 5) is -0.101. The lowest BCUT2D eigenvalue weighted by atomic mass is 10.2. The summed E-state index contributed by atoms with van der Waals surface area (Å²) in [5.41, 5.74) is 1.13. The van der Waals surface area contributed by atoms with E-state index in [1.807, 2.05) is 0 Å². The molecule has 0 spiro atoms. The Morgan fingerprint density at radius 3 is 2.00 bits per heavy atom. The highest BCUT2D eigenvalue weighted by Gasteiger charge is 2.19. The van der Waals surface area contributed by atoms with Crippen LogP contribution in [0.25, 0.3) is 0 Å². The van der Waals surface area contributed by atoms with Crippen molar-refractivity contribution >= 4 is 54.6 Å². The summed E-state index contributed by atoms with van der Waals surface area (Å²) >= 11 is 12.0. The highest BCUT2D eigenvalue weighted by atomic mass is 35.5. The molecule has 0 aliphatic carbocycles. The van der Waals surface area contributed by atoms with Gasteiger partial charge in [-0.1, -0.05) is 29.3 Å². The normalized spacial score (nSPS) is 11.7. The molecule has 0 radical (unpaired) electrons. The van der Waals surface area contributed by atoms with Crippen molar-refractivity contribution in [2.45, 2.75) is 16.7 Å². The maximum atomic E-state index is 12.7. The Hall–Kier alpha value is -2.46. The van der Waals surface area contributed by atoms with E-state index in [-0.39, 0.29) is 20.5 Å². The number of sulfonamides is 2. The van der Waals surface area contributed by atoms with Crippen LogP contribution in [0.5, 0.6) is 5.75 Å². The molecule has 164 valence electrons. The summed E-state index contributed by atoms with van der Waals surface area (Å²) < 4.78 is 60.4. The number of anilines is 2. The standard InChI is InChI=1S/C20H18Cl2N2O5S2/c1-13-17(21)4-3-5-19(13)24-30(25,26)15-8-6-14(7-9-15)23-31(27,28)16-10-11-20(29-2)18(22)12-16/h3-12,23-24H,1-2H3. The number of methoxy groups -OCH3 is 1. The van der Waals surface area contributed by atoms with Gasteiger partial charge < -0.3 is 4.74 Å². The Morgan fingerprint density at radius 1 is 0.774 bits per heavy atom. The van der Waals surface area contributed by atoms with Crippen molar-refractivity contribution < 1.29 is 21.6 Å². The van der Waals surface area contributed by atoms with Crippen LogP contribution in [0.15, 0.2) is 70.5 Å². The van der Waals surface area contributed by atoms with E-state index in [1.54, 1.807) is 25.1 Å². The van der Waals surface area contributed by atoms with Crippen LogP contribution in [-0.4, -0.2) is 23.9 Å². The van der Waals surface area contributed by atoms with E-state index >= 15 is 0 Å². The minimum atomic E-state index is -3.94. The van der Waals surface area contributed by atoms with Gasteiger partial charge in [-0.2, -0.15) is 0 Å². The molecule has 3 aromatic carbocycles. The largest absolute Gasteiger partial charge is 0.495 e. The molecule has 0 amide bonds. The summed E-state index contributed by atoms with van der Waals surface area (Å²) in [5, 5.41) is 0.581. The van der Waals surface area contributed by atoms with E-state index in [9.17, 15) is 16.8 Å². The molecule has 3 aromatic rings. The van der Waals surface area contributed by atoms with Crippen LogP contribution >= 0.6 is 23.2 Å². The zero-order valence-corrected chi connectivity index (χ0v) is 19.5. The molecule has 31 heavy (non-hydrogen) atoms. The quantitative estimate of drug-likeness (QED) is 0.479. The van der Waals surface area contributed by atoms with Gasteiger partial charge in [-0.25, -0.2) is 16.8 Å². The van der Waals surface area contributed by atoms with Crippen LogP contribution in [0.2, 0.25) is 10.0 Å². The Kier molecular flexibility index (Phi) is 6.70. The van der Waals surface area contributed by atoms with Gasteiger partial charge in [0.05, 0.1) is 27.6 Å². The summed E-state index contributed by atoms with van der Waals surface area (Å²) in [6, 6.07) is 14.2. The number of benzene rings is 3. The Labute approximate surface area is 191 Å². The van der Waals surface area contributed by atoms with Crippen LogP contribution in [0, 0.1) is 6.92 Å². The van der Waals surface area contributed by atoms with Crippen LogP contribution in [0.4, 0.5) is 11.4 Å². The third-order valence-corrected chi connectivity index (χ3v) is 7.83. The Morgan fingerprint density at radius 2 is 1.39 bits per heavy atom. The fourth-order valence-electron chi connectivity index (χ4n) is 2.65. The van der Waals surface area contributed by atoms with Crippen LogP contribution < -0.4 is 14.2 Å². The fraction of sp³-hybridized carbons (Fsp3) is 0.100. The lowest BCUT2D eigenvalue weighted by Crippen LogP contribution is -2.15. The average Bonchev–Trinajstić information content (AvgIpc) is 2.71. The lowest BCUT2D eigenvalue weighted by Gasteiger charge is -2.13. The molecule has 0 atom stereocenters. The highest BCUT2D eigenvalue weighted by molar-refractivity contribution is 7.93. The second kappa shape index (κ2) is 8.96. The molecule has 0 aromatic heterocycles. The van der Waals surface area contributed by atoms with Crippen molar-refractivity contribution in [1.82, 2.24) is 0 Å². The van der Waals surface area contributed by atoms with E-state index in [2.05, 4.69) is 9.44 Å². The number of hydrogen-bond acceptors (Lipinski definition) is 5. The summed E-state index contributed by atoms with van der Waals surface area (Å²) in [7, 11) is -6.41. The molecule has 0 aliphatic rings. The van der Waals surface area contributed by atoms with Crippen molar-refractivity contribution in [3.05, 3.63) is 76.3 Å². The smallest absolute Gasteiger partial charge is 0.261 e. The van der Waals surface area contributed by atoms with E-state index < -0.39 is 20.0 Å². The second-order valence-corrected chi connectivity index (χ2v) is 10.6. The van der Waals surface area contributed by atoms with Gasteiger partial charge in [-0.3, -0.25) is 9.44 Å². The predicted octanol–water partition coefficient (Wildman–Crippen LogP) is 4.91. The zero-order chi connectivity index (χ0) is 22.8. The van der Waals surface area contributed by atoms with Crippen molar-refractivity contribution in [2.24, 2.45) is 0 Å². The number of nitrogens with one attached hydrogen (secondary N) is 2. The molecular weight excluding hydrogens is 483 g/mol. The van der Waals surface area contributed by atoms with Gasteiger partial charge in [0.1, 0.15) is 5.75 Å². The van der Waals surface area contributed by atoms with Crippen molar-refractivity contribution in [3.8, 4) is 5.75 Å². The van der Waals surface area contributed by atoms with E-state index in [1.165, 1.54) is 49.6 Å². The molecule has 0 saturated heterocycles. The van der Waals surface area contributed by atoms with Gasteiger partial charge >= 0.3 is 0 Å². The monoisotopic (exact) mass is 500 g/mol. The Balaban J connectivity index is 1.81. The first-order chi connectivity index (χ1) is 14.5. The third kappa shape index (κ3) is 5.24. The molecule has 0 unspecified atom stereocenters. The number of ether oxygens (including phenoxy) is 1. The number of rotatable bonds is 7. The molecule has 0 heterocycles. The molecule has 0 saturated carbocycles. The van der Waals surface area contributed by atoms with E-state index in [0.29, 0.717) is 22.0 Å². The molecule has 3 rings (SSSR count). The van der Waals surface area contributed by atoms with Gasteiger partial charge in [0, 0.05) is 10.7 Å². The molecule has 2 N–H and O–H groups in total. The van der Waals surface area contributed by atoms with Crippen LogP contribution in [0.3, 0.4) is 0 Å². The minimum absolute atomic E-state index is 0.0395. The van der Waals surface area contributed by atoms with Crippen LogP contribution in [0.1, 0.15) is 5.56 Å². The summed E-state index contributed by atoms with van der Waals surface area (Å²) in [6.07, 6.45) is 0. The van der Waals surface area contributed by atoms with Crippen molar-refractivity contribution in [2.75, 3.05) is 16.6 Å². The van der Waals surface area contributed by atoms with E-state index in [4.69, 9.17) is 27.9 Å². The fourth-order valence-corrected chi connectivity index (χ4v) is 5.36. The first-order valence-corrected chi connectivity index (χ1v) is 12.5. The van der Waals surface area contributed by atoms with Crippen molar-refractivity contribution in [1.29, 1.82) is 0 Å². The maximum Gasteiger partial charge on any atom is 0.261 e. The van der Waals surface area contributed by atoms with Crippen LogP contribution in [-0.2, 0) is 20.0 Å². The topological polar surface area (TPSA) is 102 Å². The molecule has 0 fully saturated rings. The minimum Gasteiger partial charge on any atom is -0.495 e. The van der Waals surface area contributed by atoms with Gasteiger partial charge in [0.2, 0.25) is 0 Å². The molecule has 7 nitrogen and oxygen atoms in total. The lowest BCUT2D eigenvalue weighted by molar-refractivity contribution is 0.414. The average molecular weight is 501 g/mol. The van der Waals surface area contributed by atoms with E-state index in [0.717, 1.165) is 0 Å². The first kappa shape index (κ1) is 23.2. The number of halogens is 2. The zero-order valence-electron chi connectivity index (χ0n) is 16.4. The van der Waals surface area contributed by atoms with Gasteiger partial charge in [0.15, 0.2) is 0 Å². The third-order valence-electron chi connectivity index (χ3n) is 4.36. The molecular formula is C20H18Cl2N2O5S2.